The smallest absolute Gasteiger partial charge is 0.228 e. The van der Waals surface area contributed by atoms with E-state index in [0.717, 1.165) is 25.1 Å². The molecule has 0 radical (unpaired) electrons. The molecule has 0 aliphatic carbocycles. The van der Waals surface area contributed by atoms with Crippen LogP contribution < -0.4 is 4.74 Å². The van der Waals surface area contributed by atoms with Crippen molar-refractivity contribution >= 4 is 5.91 Å². The number of carbonyl (C=O) groups is 1. The number of para-hydroxylation sites is 1. The second-order valence-electron chi connectivity index (χ2n) is 7.90. The first kappa shape index (κ1) is 17.8. The maximum atomic E-state index is 12.7. The molecular weight excluding hydrogens is 286 g/mol. The van der Waals surface area contributed by atoms with E-state index in [2.05, 4.69) is 26.0 Å². The Morgan fingerprint density at radius 3 is 2.61 bits per heavy atom. The van der Waals surface area contributed by atoms with Crippen LogP contribution in [0.4, 0.5) is 0 Å². The molecule has 3 nitrogen and oxygen atoms in total. The van der Waals surface area contributed by atoms with Gasteiger partial charge in [-0.3, -0.25) is 4.79 Å². The van der Waals surface area contributed by atoms with Crippen molar-refractivity contribution in [2.75, 3.05) is 13.2 Å². The first-order valence-electron chi connectivity index (χ1n) is 8.83. The van der Waals surface area contributed by atoms with E-state index >= 15 is 0 Å². The minimum atomic E-state index is -0.328. The van der Waals surface area contributed by atoms with Crippen molar-refractivity contribution in [3.8, 4) is 5.75 Å². The minimum absolute atomic E-state index is 0.190. The molecule has 1 fully saturated rings. The third kappa shape index (κ3) is 4.49. The summed E-state index contributed by atoms with van der Waals surface area (Å²) in [6.45, 7) is 11.8. The third-order valence-corrected chi connectivity index (χ3v) is 4.50. The Balaban J connectivity index is 2.07. The summed E-state index contributed by atoms with van der Waals surface area (Å²) in [4.78, 5) is 14.7. The van der Waals surface area contributed by atoms with Crippen molar-refractivity contribution in [3.05, 3.63) is 29.8 Å². The van der Waals surface area contributed by atoms with Gasteiger partial charge < -0.3 is 9.64 Å². The van der Waals surface area contributed by atoms with Gasteiger partial charge in [-0.2, -0.15) is 0 Å². The average Bonchev–Trinajstić information content (AvgIpc) is 2.51. The molecule has 0 N–H and O–H groups in total. The molecule has 0 spiro atoms. The summed E-state index contributed by atoms with van der Waals surface area (Å²) < 4.78 is 6.14. The van der Waals surface area contributed by atoms with Gasteiger partial charge in [0.1, 0.15) is 12.4 Å². The molecule has 1 amide bonds. The number of piperidine rings is 1. The summed E-state index contributed by atoms with van der Waals surface area (Å²) in [6, 6.07) is 8.42. The summed E-state index contributed by atoms with van der Waals surface area (Å²) in [7, 11) is 0. The van der Waals surface area contributed by atoms with E-state index in [-0.39, 0.29) is 17.4 Å². The molecule has 1 aromatic carbocycles. The number of nitrogens with zero attached hydrogens (tertiary/aromatic N) is 1. The highest BCUT2D eigenvalue weighted by Crippen LogP contribution is 2.28. The molecule has 0 aromatic heterocycles. The third-order valence-electron chi connectivity index (χ3n) is 4.50. The van der Waals surface area contributed by atoms with Gasteiger partial charge in [0.25, 0.3) is 0 Å². The van der Waals surface area contributed by atoms with Gasteiger partial charge in [-0.15, -0.1) is 0 Å². The number of hydrogen-bond donors (Lipinski definition) is 0. The maximum Gasteiger partial charge on any atom is 0.228 e. The van der Waals surface area contributed by atoms with E-state index in [1.807, 2.05) is 37.8 Å². The van der Waals surface area contributed by atoms with Gasteiger partial charge in [-0.05, 0) is 36.8 Å². The highest BCUT2D eigenvalue weighted by atomic mass is 16.5. The zero-order chi connectivity index (χ0) is 17.0. The first-order valence-corrected chi connectivity index (χ1v) is 8.83. The number of carbonyl (C=O) groups excluding carboxylic acids is 1. The van der Waals surface area contributed by atoms with Crippen molar-refractivity contribution in [3.63, 3.8) is 0 Å². The van der Waals surface area contributed by atoms with E-state index in [1.165, 1.54) is 12.0 Å². The molecule has 1 aliphatic rings. The van der Waals surface area contributed by atoms with Gasteiger partial charge in [-0.25, -0.2) is 0 Å². The highest BCUT2D eigenvalue weighted by molar-refractivity contribution is 5.81. The number of ether oxygens (including phenoxy) is 1. The van der Waals surface area contributed by atoms with E-state index in [1.54, 1.807) is 0 Å². The quantitative estimate of drug-likeness (QED) is 0.811. The fourth-order valence-electron chi connectivity index (χ4n) is 3.15. The molecule has 0 bridgehead atoms. The minimum Gasteiger partial charge on any atom is -0.491 e. The molecule has 128 valence electrons. The van der Waals surface area contributed by atoms with E-state index in [4.69, 9.17) is 4.74 Å². The predicted molar refractivity (Wildman–Crippen MR) is 94.8 cm³/mol. The lowest BCUT2D eigenvalue weighted by atomic mass is 9.91. The van der Waals surface area contributed by atoms with Crippen molar-refractivity contribution in [1.82, 2.24) is 4.90 Å². The van der Waals surface area contributed by atoms with Gasteiger partial charge in [-0.1, -0.05) is 52.8 Å². The molecule has 0 saturated carbocycles. The standard InChI is InChI=1S/C20H31NO2/c1-15(2)17-11-6-7-12-18(17)23-14-16-10-8-9-13-21(16)19(22)20(3,4)5/h6-7,11-12,15-16H,8-10,13-14H2,1-5H3. The second-order valence-corrected chi connectivity index (χ2v) is 7.90. The lowest BCUT2D eigenvalue weighted by Gasteiger charge is -2.39. The van der Waals surface area contributed by atoms with Crippen LogP contribution in [-0.4, -0.2) is 30.0 Å². The van der Waals surface area contributed by atoms with E-state index in [9.17, 15) is 4.79 Å². The molecular formula is C20H31NO2. The van der Waals surface area contributed by atoms with Crippen LogP contribution in [0.1, 0.15) is 65.4 Å². The SMILES string of the molecule is CC(C)c1ccccc1OCC1CCCCN1C(=O)C(C)(C)C. The molecule has 1 saturated heterocycles. The van der Waals surface area contributed by atoms with Gasteiger partial charge in [0.2, 0.25) is 5.91 Å². The molecule has 3 heteroatoms. The summed E-state index contributed by atoms with van der Waals surface area (Å²) in [5, 5.41) is 0. The van der Waals surface area contributed by atoms with Gasteiger partial charge >= 0.3 is 0 Å². The summed E-state index contributed by atoms with van der Waals surface area (Å²) in [5.41, 5.74) is 0.905. The van der Waals surface area contributed by atoms with Crippen LogP contribution in [0.15, 0.2) is 24.3 Å². The average molecular weight is 317 g/mol. The Hall–Kier alpha value is -1.51. The Bertz CT molecular complexity index is 531. The maximum absolute atomic E-state index is 12.7. The number of rotatable bonds is 4. The second kappa shape index (κ2) is 7.37. The molecule has 1 aromatic rings. The van der Waals surface area contributed by atoms with Crippen LogP contribution in [0.25, 0.3) is 0 Å². The molecule has 1 atom stereocenters. The van der Waals surface area contributed by atoms with Crippen LogP contribution in [0.3, 0.4) is 0 Å². The Morgan fingerprint density at radius 2 is 1.96 bits per heavy atom. The largest absolute Gasteiger partial charge is 0.491 e. The predicted octanol–water partition coefficient (Wildman–Crippen LogP) is 4.62. The lowest BCUT2D eigenvalue weighted by molar-refractivity contribution is -0.144. The van der Waals surface area contributed by atoms with Crippen molar-refractivity contribution in [1.29, 1.82) is 0 Å². The molecule has 1 unspecified atom stereocenters. The lowest BCUT2D eigenvalue weighted by Crippen LogP contribution is -2.50. The van der Waals surface area contributed by atoms with Gasteiger partial charge in [0.05, 0.1) is 6.04 Å². The van der Waals surface area contributed by atoms with Crippen LogP contribution in [0.2, 0.25) is 0 Å². The number of amides is 1. The van der Waals surface area contributed by atoms with Crippen LogP contribution in [0, 0.1) is 5.41 Å². The zero-order valence-corrected chi connectivity index (χ0v) is 15.3. The van der Waals surface area contributed by atoms with Crippen molar-refractivity contribution < 1.29 is 9.53 Å². The van der Waals surface area contributed by atoms with E-state index in [0.29, 0.717) is 12.5 Å². The van der Waals surface area contributed by atoms with Crippen LogP contribution >= 0.6 is 0 Å². The first-order chi connectivity index (χ1) is 10.8. The Morgan fingerprint density at radius 1 is 1.26 bits per heavy atom. The highest BCUT2D eigenvalue weighted by Gasteiger charge is 2.33. The van der Waals surface area contributed by atoms with Crippen LogP contribution in [-0.2, 0) is 4.79 Å². The number of likely N-dealkylation sites (tertiary alicyclic amines) is 1. The Kier molecular flexibility index (Phi) is 5.72. The molecule has 23 heavy (non-hydrogen) atoms. The fraction of sp³-hybridized carbons (Fsp3) is 0.650. The fourth-order valence-corrected chi connectivity index (χ4v) is 3.15. The molecule has 1 aliphatic heterocycles. The Labute approximate surface area is 141 Å². The summed E-state index contributed by atoms with van der Waals surface area (Å²) in [5.74, 6) is 1.63. The van der Waals surface area contributed by atoms with E-state index < -0.39 is 0 Å². The number of benzene rings is 1. The topological polar surface area (TPSA) is 29.5 Å². The molecule has 2 rings (SSSR count). The van der Waals surface area contributed by atoms with Crippen LogP contribution in [0.5, 0.6) is 5.75 Å². The van der Waals surface area contributed by atoms with Gasteiger partial charge in [0, 0.05) is 12.0 Å². The normalized spacial score (nSPS) is 19.0. The van der Waals surface area contributed by atoms with Crippen molar-refractivity contribution in [2.45, 2.75) is 65.8 Å². The zero-order valence-electron chi connectivity index (χ0n) is 15.3. The molecule has 1 heterocycles. The van der Waals surface area contributed by atoms with Crippen molar-refractivity contribution in [2.24, 2.45) is 5.41 Å². The summed E-state index contributed by atoms with van der Waals surface area (Å²) >= 11 is 0. The van der Waals surface area contributed by atoms with Gasteiger partial charge in [0.15, 0.2) is 0 Å². The monoisotopic (exact) mass is 317 g/mol. The number of hydrogen-bond acceptors (Lipinski definition) is 2. The summed E-state index contributed by atoms with van der Waals surface area (Å²) in [6.07, 6.45) is 3.31.